The minimum Gasteiger partial charge on any atom is -0.367 e. The Morgan fingerprint density at radius 3 is 2.62 bits per heavy atom. The van der Waals surface area contributed by atoms with Crippen LogP contribution in [0.1, 0.15) is 31.2 Å². The van der Waals surface area contributed by atoms with Gasteiger partial charge in [-0.15, -0.1) is 20.4 Å². The molecule has 3 aromatic heterocycles. The summed E-state index contributed by atoms with van der Waals surface area (Å²) in [6, 6.07) is 3.20. The maximum atomic E-state index is 13.4. The van der Waals surface area contributed by atoms with Gasteiger partial charge in [0.05, 0.1) is 21.6 Å². The van der Waals surface area contributed by atoms with Gasteiger partial charge in [-0.2, -0.15) is 0 Å². The van der Waals surface area contributed by atoms with Gasteiger partial charge >= 0.3 is 0 Å². The van der Waals surface area contributed by atoms with Crippen LogP contribution < -0.4 is 14.9 Å². The van der Waals surface area contributed by atoms with E-state index in [-0.39, 0.29) is 10.0 Å². The van der Waals surface area contributed by atoms with Crippen LogP contribution in [0.25, 0.3) is 21.9 Å². The van der Waals surface area contributed by atoms with Crippen molar-refractivity contribution in [2.45, 2.75) is 36.6 Å². The molecule has 1 aromatic carbocycles. The second-order valence-corrected chi connectivity index (χ2v) is 11.4. The van der Waals surface area contributed by atoms with Crippen LogP contribution in [0.5, 0.6) is 0 Å². The van der Waals surface area contributed by atoms with E-state index in [1.54, 1.807) is 10.5 Å². The highest BCUT2D eigenvalue weighted by molar-refractivity contribution is 7.89. The Balaban J connectivity index is 1.63. The summed E-state index contributed by atoms with van der Waals surface area (Å²) in [7, 11) is -3.84. The molecule has 1 saturated carbocycles. The van der Waals surface area contributed by atoms with Gasteiger partial charge in [0.25, 0.3) is 6.43 Å². The third kappa shape index (κ3) is 3.54. The minimum absolute atomic E-state index is 0.0928. The summed E-state index contributed by atoms with van der Waals surface area (Å²) in [6.45, 7) is 4.71. The molecule has 1 saturated heterocycles. The van der Waals surface area contributed by atoms with Crippen molar-refractivity contribution in [1.29, 1.82) is 0 Å². The number of alkyl halides is 2. The Morgan fingerprint density at radius 1 is 1.18 bits per heavy atom. The lowest BCUT2D eigenvalue weighted by Crippen LogP contribution is -2.43. The molecule has 2 aliphatic rings. The van der Waals surface area contributed by atoms with Crippen molar-refractivity contribution in [2.24, 2.45) is 0 Å². The fraction of sp³-hybridized carbons (Fsp3) is 0.474. The molecule has 0 spiro atoms. The van der Waals surface area contributed by atoms with Gasteiger partial charge in [0.15, 0.2) is 5.01 Å². The monoisotopic (exact) mass is 509 g/mol. The first-order chi connectivity index (χ1) is 16.3. The number of halogens is 2. The highest BCUT2D eigenvalue weighted by Crippen LogP contribution is 2.39. The van der Waals surface area contributed by atoms with E-state index in [0.29, 0.717) is 35.6 Å². The molecule has 0 bridgehead atoms. The zero-order valence-corrected chi connectivity index (χ0v) is 19.7. The summed E-state index contributed by atoms with van der Waals surface area (Å²) in [5.41, 5.74) is 1.39. The molecule has 6 rings (SSSR count). The quantitative estimate of drug-likeness (QED) is 0.403. The molecule has 1 aliphatic heterocycles. The number of nitrogens with zero attached hydrogens (tertiary/aromatic N) is 7. The first-order valence-electron chi connectivity index (χ1n) is 10.8. The average molecular weight is 510 g/mol. The van der Waals surface area contributed by atoms with E-state index in [1.807, 2.05) is 6.92 Å². The first-order valence-corrected chi connectivity index (χ1v) is 13.1. The number of nitrogens with one attached hydrogen (secondary N) is 2. The summed E-state index contributed by atoms with van der Waals surface area (Å²) in [5.74, 6) is 0.333. The van der Waals surface area contributed by atoms with Gasteiger partial charge < -0.3 is 10.2 Å². The van der Waals surface area contributed by atoms with E-state index in [9.17, 15) is 17.2 Å². The fourth-order valence-corrected chi connectivity index (χ4v) is 6.43. The SMILES string of the molecule is CC1(NS(=O)(=O)c2cc(N3CCNCC3)c3c(c2)n(-c2nnc(C(F)F)s2)c2nncn32)CC1. The standard InChI is InChI=1S/C19H21F2N9O2S2/c1-19(2-3-19)27-34(31,32)11-8-12(28-6-4-22-5-7-28)14-13(9-11)30(17-25-23-10-29(14)17)18-26-24-16(33-18)15(20)21/h8-10,15,22,27H,2-7H2,1H3. The predicted octanol–water partition coefficient (Wildman–Crippen LogP) is 1.70. The smallest absolute Gasteiger partial charge is 0.291 e. The van der Waals surface area contributed by atoms with E-state index in [4.69, 9.17) is 0 Å². The second kappa shape index (κ2) is 7.63. The zero-order chi connectivity index (χ0) is 23.7. The molecule has 4 aromatic rings. The summed E-state index contributed by atoms with van der Waals surface area (Å²) < 4.78 is 59.3. The summed E-state index contributed by atoms with van der Waals surface area (Å²) in [6.07, 6.45) is 0.302. The highest BCUT2D eigenvalue weighted by Gasteiger charge is 2.41. The van der Waals surface area contributed by atoms with Crippen molar-refractivity contribution in [3.05, 3.63) is 23.5 Å². The molecule has 11 nitrogen and oxygen atoms in total. The molecule has 0 unspecified atom stereocenters. The molecule has 34 heavy (non-hydrogen) atoms. The molecule has 0 amide bonds. The number of hydrogen-bond acceptors (Lipinski definition) is 9. The van der Waals surface area contributed by atoms with Crippen molar-refractivity contribution in [2.75, 3.05) is 31.1 Å². The zero-order valence-electron chi connectivity index (χ0n) is 18.1. The number of hydrogen-bond donors (Lipinski definition) is 2. The molecule has 1 aliphatic carbocycles. The average Bonchev–Trinajstić information content (AvgIpc) is 3.21. The molecule has 0 radical (unpaired) electrons. The Kier molecular flexibility index (Phi) is 4.88. The van der Waals surface area contributed by atoms with Gasteiger partial charge in [-0.05, 0) is 31.9 Å². The van der Waals surface area contributed by atoms with E-state index < -0.39 is 27.0 Å². The topological polar surface area (TPSA) is 122 Å². The van der Waals surface area contributed by atoms with Crippen molar-refractivity contribution in [1.82, 2.24) is 39.4 Å². The second-order valence-electron chi connectivity index (χ2n) is 8.77. The van der Waals surface area contributed by atoms with Gasteiger partial charge in [-0.1, -0.05) is 11.3 Å². The molecule has 180 valence electrons. The van der Waals surface area contributed by atoms with Gasteiger partial charge in [0.2, 0.25) is 20.9 Å². The van der Waals surface area contributed by atoms with E-state index in [0.717, 1.165) is 37.3 Å². The maximum Gasteiger partial charge on any atom is 0.291 e. The van der Waals surface area contributed by atoms with E-state index in [2.05, 4.69) is 35.3 Å². The predicted molar refractivity (Wildman–Crippen MR) is 121 cm³/mol. The van der Waals surface area contributed by atoms with Crippen LogP contribution in [0.2, 0.25) is 0 Å². The van der Waals surface area contributed by atoms with E-state index >= 15 is 0 Å². The largest absolute Gasteiger partial charge is 0.367 e. The number of imidazole rings is 1. The van der Waals surface area contributed by atoms with E-state index in [1.165, 1.54) is 17.0 Å². The number of benzene rings is 1. The number of piperazine rings is 1. The minimum atomic E-state index is -3.84. The molecule has 4 heterocycles. The van der Waals surface area contributed by atoms with Crippen molar-refractivity contribution in [3.8, 4) is 5.13 Å². The normalized spacial score (nSPS) is 18.4. The van der Waals surface area contributed by atoms with Crippen molar-refractivity contribution >= 4 is 43.9 Å². The van der Waals surface area contributed by atoms with Crippen LogP contribution in [0, 0.1) is 0 Å². The van der Waals surface area contributed by atoms with Crippen LogP contribution in [-0.2, 0) is 10.0 Å². The van der Waals surface area contributed by atoms with Gasteiger partial charge in [0.1, 0.15) is 6.33 Å². The Labute approximate surface area is 196 Å². The maximum absolute atomic E-state index is 13.4. The third-order valence-corrected chi connectivity index (χ3v) is 8.75. The van der Waals surface area contributed by atoms with Crippen LogP contribution in [0.3, 0.4) is 0 Å². The van der Waals surface area contributed by atoms with Gasteiger partial charge in [0, 0.05) is 31.7 Å². The Morgan fingerprint density at radius 2 is 1.94 bits per heavy atom. The molecule has 2 fully saturated rings. The third-order valence-electron chi connectivity index (χ3n) is 6.21. The summed E-state index contributed by atoms with van der Waals surface area (Å²) in [5, 5.41) is 18.7. The summed E-state index contributed by atoms with van der Waals surface area (Å²) >= 11 is 0.728. The Bertz CT molecular complexity index is 1500. The molecular formula is C19H21F2N9O2S2. The van der Waals surface area contributed by atoms with Crippen LogP contribution in [0.4, 0.5) is 14.5 Å². The highest BCUT2D eigenvalue weighted by atomic mass is 32.2. The Hall–Kier alpha value is -2.75. The number of aromatic nitrogens is 6. The van der Waals surface area contributed by atoms with Crippen molar-refractivity contribution in [3.63, 3.8) is 0 Å². The van der Waals surface area contributed by atoms with Crippen molar-refractivity contribution < 1.29 is 17.2 Å². The molecule has 15 heteroatoms. The molecule has 2 N–H and O–H groups in total. The van der Waals surface area contributed by atoms with Crippen LogP contribution >= 0.6 is 11.3 Å². The lowest BCUT2D eigenvalue weighted by molar-refractivity contribution is 0.150. The number of sulfonamides is 1. The summed E-state index contributed by atoms with van der Waals surface area (Å²) in [4.78, 5) is 2.20. The fourth-order valence-electron chi connectivity index (χ4n) is 4.21. The van der Waals surface area contributed by atoms with Gasteiger partial charge in [-0.3, -0.25) is 8.97 Å². The lowest BCUT2D eigenvalue weighted by Gasteiger charge is -2.30. The molecular weight excluding hydrogens is 488 g/mol. The number of anilines is 1. The van der Waals surface area contributed by atoms with Gasteiger partial charge in [-0.25, -0.2) is 21.9 Å². The number of rotatable bonds is 6. The number of fused-ring (bicyclic) bond motifs is 3. The first kappa shape index (κ1) is 21.8. The van der Waals surface area contributed by atoms with Crippen LogP contribution in [0.15, 0.2) is 23.4 Å². The lowest BCUT2D eigenvalue weighted by atomic mass is 10.2. The molecule has 0 atom stereocenters. The van der Waals surface area contributed by atoms with Crippen LogP contribution in [-0.4, -0.2) is 69.5 Å².